The molecule has 9 nitrogen and oxygen atoms in total. The molecule has 0 saturated carbocycles. The topological polar surface area (TPSA) is 103 Å². The van der Waals surface area contributed by atoms with E-state index in [9.17, 15) is 4.79 Å². The number of fused-ring (bicyclic) bond motifs is 1. The van der Waals surface area contributed by atoms with E-state index in [4.69, 9.17) is 0 Å². The van der Waals surface area contributed by atoms with Gasteiger partial charge in [0, 0.05) is 30.4 Å². The van der Waals surface area contributed by atoms with Crippen molar-refractivity contribution in [1.29, 1.82) is 0 Å². The first-order valence-electron chi connectivity index (χ1n) is 9.98. The summed E-state index contributed by atoms with van der Waals surface area (Å²) in [6.07, 6.45) is 9.23. The molecule has 0 spiro atoms. The summed E-state index contributed by atoms with van der Waals surface area (Å²) in [6.45, 7) is 1.90. The number of aryl methyl sites for hydroxylation is 1. The fourth-order valence-corrected chi connectivity index (χ4v) is 3.77. The van der Waals surface area contributed by atoms with Crippen LogP contribution in [0.5, 0.6) is 0 Å². The molecule has 0 bridgehead atoms. The molecule has 2 N–H and O–H groups in total. The van der Waals surface area contributed by atoms with Crippen molar-refractivity contribution in [3.63, 3.8) is 0 Å². The van der Waals surface area contributed by atoms with Gasteiger partial charge in [-0.25, -0.2) is 9.67 Å². The van der Waals surface area contributed by atoms with Crippen LogP contribution in [0.15, 0.2) is 49.1 Å². The molecule has 1 aliphatic heterocycles. The van der Waals surface area contributed by atoms with Gasteiger partial charge in [-0.05, 0) is 49.0 Å². The minimum atomic E-state index is -0.314. The van der Waals surface area contributed by atoms with Gasteiger partial charge in [0.25, 0.3) is 5.91 Å². The summed E-state index contributed by atoms with van der Waals surface area (Å²) in [5.41, 5.74) is 2.39. The van der Waals surface area contributed by atoms with E-state index < -0.39 is 0 Å². The first kappa shape index (κ1) is 18.4. The largest absolute Gasteiger partial charge is 0.317 e. The number of hydrogen-bond acceptors (Lipinski definition) is 6. The smallest absolute Gasteiger partial charge is 0.278 e. The van der Waals surface area contributed by atoms with Crippen molar-refractivity contribution < 1.29 is 4.79 Å². The number of nitrogens with zero attached hydrogens (tertiary/aromatic N) is 6. The maximum atomic E-state index is 12.6. The lowest BCUT2D eigenvalue weighted by Gasteiger charge is -2.22. The molecule has 30 heavy (non-hydrogen) atoms. The Morgan fingerprint density at radius 3 is 2.77 bits per heavy atom. The van der Waals surface area contributed by atoms with Gasteiger partial charge in [0.15, 0.2) is 5.69 Å². The van der Waals surface area contributed by atoms with Crippen molar-refractivity contribution in [3.05, 3.63) is 54.7 Å². The zero-order chi connectivity index (χ0) is 20.5. The van der Waals surface area contributed by atoms with Crippen LogP contribution in [-0.2, 0) is 7.05 Å². The van der Waals surface area contributed by atoms with Gasteiger partial charge in [0.2, 0.25) is 0 Å². The summed E-state index contributed by atoms with van der Waals surface area (Å²) >= 11 is 0. The van der Waals surface area contributed by atoms with Crippen molar-refractivity contribution in [2.75, 3.05) is 18.4 Å². The Hall–Kier alpha value is -3.59. The summed E-state index contributed by atoms with van der Waals surface area (Å²) < 4.78 is 3.57. The maximum Gasteiger partial charge on any atom is 0.278 e. The fourth-order valence-electron chi connectivity index (χ4n) is 3.77. The number of nitrogens with one attached hydrogen (secondary N) is 2. The zero-order valence-corrected chi connectivity index (χ0v) is 16.6. The molecule has 4 heterocycles. The number of carbonyl (C=O) groups excluding carboxylic acids is 1. The molecule has 1 saturated heterocycles. The van der Waals surface area contributed by atoms with Crippen LogP contribution >= 0.6 is 0 Å². The summed E-state index contributed by atoms with van der Waals surface area (Å²) in [7, 11) is 1.89. The summed E-state index contributed by atoms with van der Waals surface area (Å²) in [4.78, 5) is 17.0. The van der Waals surface area contributed by atoms with Crippen LogP contribution in [0.3, 0.4) is 0 Å². The minimum absolute atomic E-state index is 0.282. The van der Waals surface area contributed by atoms with Gasteiger partial charge in [0.05, 0.1) is 18.4 Å². The van der Waals surface area contributed by atoms with E-state index in [2.05, 4.69) is 37.1 Å². The Bertz CT molecular complexity index is 1200. The second kappa shape index (κ2) is 7.68. The van der Waals surface area contributed by atoms with Crippen LogP contribution in [0.2, 0.25) is 0 Å². The molecule has 1 fully saturated rings. The molecule has 0 atom stereocenters. The molecular formula is C21H22N8O. The lowest BCUT2D eigenvalue weighted by atomic mass is 10.1. The molecule has 152 valence electrons. The van der Waals surface area contributed by atoms with Crippen molar-refractivity contribution in [2.45, 2.75) is 18.9 Å². The van der Waals surface area contributed by atoms with E-state index in [1.807, 2.05) is 37.6 Å². The highest BCUT2D eigenvalue weighted by Crippen LogP contribution is 2.25. The Kier molecular flexibility index (Phi) is 4.72. The molecule has 0 unspecified atom stereocenters. The highest BCUT2D eigenvalue weighted by atomic mass is 16.2. The number of benzene rings is 1. The number of amides is 1. The number of aromatic nitrogens is 6. The van der Waals surface area contributed by atoms with Gasteiger partial charge >= 0.3 is 0 Å². The number of carbonyl (C=O) groups is 1. The van der Waals surface area contributed by atoms with Crippen molar-refractivity contribution in [1.82, 2.24) is 35.1 Å². The third kappa shape index (κ3) is 3.67. The van der Waals surface area contributed by atoms with Gasteiger partial charge in [-0.1, -0.05) is 17.3 Å². The van der Waals surface area contributed by atoms with Crippen LogP contribution < -0.4 is 10.6 Å². The molecule has 0 radical (unpaired) electrons. The summed E-state index contributed by atoms with van der Waals surface area (Å²) in [6, 6.07) is 8.27. The predicted octanol–water partition coefficient (Wildman–Crippen LogP) is 2.40. The van der Waals surface area contributed by atoms with E-state index in [0.29, 0.717) is 11.5 Å². The van der Waals surface area contributed by atoms with E-state index >= 15 is 0 Å². The SMILES string of the molecule is Cn1cc(-c2ccc3cnc(NC(=O)c4cn(C5CCNCC5)nn4)cc3c2)cn1. The Labute approximate surface area is 173 Å². The molecule has 3 aromatic heterocycles. The van der Waals surface area contributed by atoms with Crippen LogP contribution in [0.25, 0.3) is 21.9 Å². The standard InChI is InChI=1S/C21H22N8O/c1-28-12-17(11-24-28)14-2-3-15-10-23-20(9-16(15)8-14)25-21(30)19-13-29(27-26-19)18-4-6-22-7-5-18/h2-3,8-13,18,22H,4-7H2,1H3,(H,23,25,30). The fraction of sp³-hybridized carbons (Fsp3) is 0.286. The quantitative estimate of drug-likeness (QED) is 0.543. The molecule has 4 aromatic rings. The lowest BCUT2D eigenvalue weighted by molar-refractivity contribution is 0.102. The van der Waals surface area contributed by atoms with Gasteiger partial charge < -0.3 is 10.6 Å². The first-order valence-corrected chi connectivity index (χ1v) is 9.98. The number of hydrogen-bond donors (Lipinski definition) is 2. The van der Waals surface area contributed by atoms with Crippen LogP contribution in [-0.4, -0.2) is 48.8 Å². The summed E-state index contributed by atoms with van der Waals surface area (Å²) in [5, 5.41) is 20.6. The van der Waals surface area contributed by atoms with Crippen molar-refractivity contribution in [2.24, 2.45) is 7.05 Å². The highest BCUT2D eigenvalue weighted by Gasteiger charge is 2.19. The molecule has 1 aromatic carbocycles. The van der Waals surface area contributed by atoms with Crippen LogP contribution in [0.4, 0.5) is 5.82 Å². The molecule has 5 rings (SSSR count). The maximum absolute atomic E-state index is 12.6. The molecule has 1 amide bonds. The van der Waals surface area contributed by atoms with E-state index in [0.717, 1.165) is 47.8 Å². The highest BCUT2D eigenvalue weighted by molar-refractivity contribution is 6.03. The zero-order valence-electron chi connectivity index (χ0n) is 16.6. The number of rotatable bonds is 4. The van der Waals surface area contributed by atoms with Gasteiger partial charge in [-0.2, -0.15) is 5.10 Å². The third-order valence-corrected chi connectivity index (χ3v) is 5.43. The van der Waals surface area contributed by atoms with Crippen LogP contribution in [0.1, 0.15) is 29.4 Å². The average Bonchev–Trinajstić information content (AvgIpc) is 3.43. The third-order valence-electron chi connectivity index (χ3n) is 5.43. The second-order valence-electron chi connectivity index (χ2n) is 7.55. The summed E-state index contributed by atoms with van der Waals surface area (Å²) in [5.74, 6) is 0.165. The second-order valence-corrected chi connectivity index (χ2v) is 7.55. The normalized spacial score (nSPS) is 14.8. The Morgan fingerprint density at radius 1 is 1.10 bits per heavy atom. The van der Waals surface area contributed by atoms with Gasteiger partial charge in [0.1, 0.15) is 5.82 Å². The van der Waals surface area contributed by atoms with Gasteiger partial charge in [-0.3, -0.25) is 9.48 Å². The van der Waals surface area contributed by atoms with E-state index in [1.165, 1.54) is 0 Å². The molecule has 0 aliphatic carbocycles. The van der Waals surface area contributed by atoms with Crippen LogP contribution in [0, 0.1) is 0 Å². The monoisotopic (exact) mass is 402 g/mol. The average molecular weight is 402 g/mol. The van der Waals surface area contributed by atoms with Crippen molar-refractivity contribution >= 4 is 22.5 Å². The molecule has 9 heteroatoms. The van der Waals surface area contributed by atoms with E-state index in [1.54, 1.807) is 21.8 Å². The lowest BCUT2D eigenvalue weighted by Crippen LogP contribution is -2.29. The van der Waals surface area contributed by atoms with E-state index in [-0.39, 0.29) is 11.9 Å². The minimum Gasteiger partial charge on any atom is -0.317 e. The van der Waals surface area contributed by atoms with Gasteiger partial charge in [-0.15, -0.1) is 5.10 Å². The Balaban J connectivity index is 1.35. The first-order chi connectivity index (χ1) is 14.7. The molecular weight excluding hydrogens is 380 g/mol. The Morgan fingerprint density at radius 2 is 1.97 bits per heavy atom. The number of anilines is 1. The predicted molar refractivity (Wildman–Crippen MR) is 113 cm³/mol. The number of piperidine rings is 1. The number of pyridine rings is 1. The molecule has 1 aliphatic rings. The van der Waals surface area contributed by atoms with Crippen molar-refractivity contribution in [3.8, 4) is 11.1 Å².